The van der Waals surface area contributed by atoms with Crippen molar-refractivity contribution in [3.8, 4) is 5.88 Å². The van der Waals surface area contributed by atoms with E-state index in [1.165, 1.54) is 0 Å². The van der Waals surface area contributed by atoms with Crippen LogP contribution in [0.5, 0.6) is 5.88 Å². The molecule has 0 radical (unpaired) electrons. The minimum atomic E-state index is 0.208. The summed E-state index contributed by atoms with van der Waals surface area (Å²) in [6.07, 6.45) is 2.05. The lowest BCUT2D eigenvalue weighted by Crippen LogP contribution is -2.09. The van der Waals surface area contributed by atoms with Crippen molar-refractivity contribution in [1.82, 2.24) is 5.16 Å². The molecule has 0 bridgehead atoms. The molecule has 1 aromatic rings. The van der Waals surface area contributed by atoms with E-state index in [1.54, 1.807) is 0 Å². The summed E-state index contributed by atoms with van der Waals surface area (Å²) in [7, 11) is 0. The van der Waals surface area contributed by atoms with Gasteiger partial charge in [-0.2, -0.15) is 0 Å². The molecule has 12 heavy (non-hydrogen) atoms. The SMILES string of the molecule is CCc1cc(OC(C)CC)no1. The van der Waals surface area contributed by atoms with Gasteiger partial charge in [0.25, 0.3) is 5.88 Å². The van der Waals surface area contributed by atoms with Gasteiger partial charge >= 0.3 is 0 Å². The molecule has 1 atom stereocenters. The van der Waals surface area contributed by atoms with Crippen LogP contribution in [0.25, 0.3) is 0 Å². The summed E-state index contributed by atoms with van der Waals surface area (Å²) in [6, 6.07) is 1.84. The van der Waals surface area contributed by atoms with Gasteiger partial charge in [0.1, 0.15) is 5.76 Å². The second-order valence-electron chi connectivity index (χ2n) is 2.82. The van der Waals surface area contributed by atoms with Crippen LogP contribution >= 0.6 is 0 Å². The largest absolute Gasteiger partial charge is 0.472 e. The Balaban J connectivity index is 2.52. The Morgan fingerprint density at radius 1 is 1.58 bits per heavy atom. The van der Waals surface area contributed by atoms with Crippen LogP contribution in [0.3, 0.4) is 0 Å². The zero-order valence-electron chi connectivity index (χ0n) is 7.83. The van der Waals surface area contributed by atoms with Crippen molar-refractivity contribution in [2.24, 2.45) is 0 Å². The smallest absolute Gasteiger partial charge is 0.254 e. The Hall–Kier alpha value is -0.990. The average molecular weight is 169 g/mol. The van der Waals surface area contributed by atoms with Crippen LogP contribution in [0, 0.1) is 0 Å². The fourth-order valence-corrected chi connectivity index (χ4v) is 0.806. The molecule has 0 aliphatic heterocycles. The molecule has 0 saturated heterocycles. The maximum Gasteiger partial charge on any atom is 0.254 e. The van der Waals surface area contributed by atoms with Gasteiger partial charge in [-0.3, -0.25) is 0 Å². The van der Waals surface area contributed by atoms with Gasteiger partial charge in [0, 0.05) is 12.5 Å². The predicted octanol–water partition coefficient (Wildman–Crippen LogP) is 2.41. The van der Waals surface area contributed by atoms with Crippen LogP contribution in [0.15, 0.2) is 10.6 Å². The number of aromatic nitrogens is 1. The standard InChI is InChI=1S/C9H15NO2/c1-4-7(3)11-9-6-8(5-2)12-10-9/h6-7H,4-5H2,1-3H3. The maximum absolute atomic E-state index is 5.44. The minimum Gasteiger partial charge on any atom is -0.472 e. The van der Waals surface area contributed by atoms with Crippen molar-refractivity contribution >= 4 is 0 Å². The van der Waals surface area contributed by atoms with Crippen molar-refractivity contribution in [3.63, 3.8) is 0 Å². The summed E-state index contributed by atoms with van der Waals surface area (Å²) in [6.45, 7) is 6.11. The van der Waals surface area contributed by atoms with Gasteiger partial charge in [-0.05, 0) is 18.5 Å². The van der Waals surface area contributed by atoms with E-state index in [9.17, 15) is 0 Å². The van der Waals surface area contributed by atoms with E-state index < -0.39 is 0 Å². The lowest BCUT2D eigenvalue weighted by atomic mass is 10.3. The summed E-state index contributed by atoms with van der Waals surface area (Å²) in [5, 5.41) is 3.78. The van der Waals surface area contributed by atoms with Crippen molar-refractivity contribution in [2.45, 2.75) is 39.7 Å². The molecular formula is C9H15NO2. The van der Waals surface area contributed by atoms with Gasteiger partial charge in [0.15, 0.2) is 0 Å². The van der Waals surface area contributed by atoms with Crippen LogP contribution in [0.2, 0.25) is 0 Å². The van der Waals surface area contributed by atoms with Gasteiger partial charge in [-0.25, -0.2) is 0 Å². The van der Waals surface area contributed by atoms with Crippen molar-refractivity contribution < 1.29 is 9.26 Å². The molecule has 1 unspecified atom stereocenters. The van der Waals surface area contributed by atoms with Crippen LogP contribution in [-0.2, 0) is 6.42 Å². The highest BCUT2D eigenvalue weighted by Gasteiger charge is 2.05. The summed E-state index contributed by atoms with van der Waals surface area (Å²) in [4.78, 5) is 0. The average Bonchev–Trinajstić information content (AvgIpc) is 2.52. The van der Waals surface area contributed by atoms with Crippen LogP contribution in [0.4, 0.5) is 0 Å². The molecule has 0 amide bonds. The highest BCUT2D eigenvalue weighted by molar-refractivity contribution is 5.10. The van der Waals surface area contributed by atoms with Gasteiger partial charge in [-0.1, -0.05) is 13.8 Å². The third-order valence-electron chi connectivity index (χ3n) is 1.78. The van der Waals surface area contributed by atoms with Crippen LogP contribution < -0.4 is 4.74 Å². The molecule has 1 heterocycles. The lowest BCUT2D eigenvalue weighted by Gasteiger charge is -2.07. The van der Waals surface area contributed by atoms with Crippen molar-refractivity contribution in [2.75, 3.05) is 0 Å². The molecule has 68 valence electrons. The third kappa shape index (κ3) is 2.26. The third-order valence-corrected chi connectivity index (χ3v) is 1.78. The summed E-state index contributed by atoms with van der Waals surface area (Å²) in [5.74, 6) is 1.47. The number of rotatable bonds is 4. The molecule has 0 aliphatic rings. The first-order valence-corrected chi connectivity index (χ1v) is 4.38. The van der Waals surface area contributed by atoms with Crippen LogP contribution in [-0.4, -0.2) is 11.3 Å². The van der Waals surface area contributed by atoms with Crippen molar-refractivity contribution in [3.05, 3.63) is 11.8 Å². The topological polar surface area (TPSA) is 35.3 Å². The Bertz CT molecular complexity index is 232. The number of hydrogen-bond donors (Lipinski definition) is 0. The van der Waals surface area contributed by atoms with E-state index >= 15 is 0 Å². The molecule has 3 nitrogen and oxygen atoms in total. The zero-order chi connectivity index (χ0) is 8.97. The van der Waals surface area contributed by atoms with E-state index in [0.717, 1.165) is 18.6 Å². The number of nitrogens with zero attached hydrogens (tertiary/aromatic N) is 1. The van der Waals surface area contributed by atoms with E-state index in [4.69, 9.17) is 9.26 Å². The Labute approximate surface area is 72.7 Å². The fraction of sp³-hybridized carbons (Fsp3) is 0.667. The minimum absolute atomic E-state index is 0.208. The molecule has 0 saturated carbocycles. The fourth-order valence-electron chi connectivity index (χ4n) is 0.806. The first-order valence-electron chi connectivity index (χ1n) is 4.38. The summed E-state index contributed by atoms with van der Waals surface area (Å²) < 4.78 is 10.4. The lowest BCUT2D eigenvalue weighted by molar-refractivity contribution is 0.196. The van der Waals surface area contributed by atoms with E-state index in [2.05, 4.69) is 12.1 Å². The molecular weight excluding hydrogens is 154 g/mol. The maximum atomic E-state index is 5.44. The zero-order valence-corrected chi connectivity index (χ0v) is 7.83. The van der Waals surface area contributed by atoms with Gasteiger partial charge in [-0.15, -0.1) is 0 Å². The summed E-state index contributed by atoms with van der Waals surface area (Å²) >= 11 is 0. The highest BCUT2D eigenvalue weighted by atomic mass is 16.5. The van der Waals surface area contributed by atoms with Crippen LogP contribution in [0.1, 0.15) is 33.0 Å². The second-order valence-corrected chi connectivity index (χ2v) is 2.82. The number of aryl methyl sites for hydroxylation is 1. The molecule has 0 fully saturated rings. The first-order chi connectivity index (χ1) is 5.76. The van der Waals surface area contributed by atoms with Gasteiger partial charge in [0.2, 0.25) is 0 Å². The molecule has 1 rings (SSSR count). The quantitative estimate of drug-likeness (QED) is 0.694. The first kappa shape index (κ1) is 9.10. The Morgan fingerprint density at radius 2 is 2.33 bits per heavy atom. The molecule has 0 aromatic carbocycles. The highest BCUT2D eigenvalue weighted by Crippen LogP contribution is 2.13. The normalized spacial score (nSPS) is 12.9. The van der Waals surface area contributed by atoms with Crippen molar-refractivity contribution in [1.29, 1.82) is 0 Å². The second kappa shape index (κ2) is 4.14. The van der Waals surface area contributed by atoms with Gasteiger partial charge < -0.3 is 9.26 Å². The number of hydrogen-bond acceptors (Lipinski definition) is 3. The van der Waals surface area contributed by atoms with E-state index in [0.29, 0.717) is 5.88 Å². The van der Waals surface area contributed by atoms with Gasteiger partial charge in [0.05, 0.1) is 6.10 Å². The molecule has 0 spiro atoms. The number of ether oxygens (including phenoxy) is 1. The predicted molar refractivity (Wildman–Crippen MR) is 46.3 cm³/mol. The Kier molecular flexibility index (Phi) is 3.14. The Morgan fingerprint density at radius 3 is 2.83 bits per heavy atom. The monoisotopic (exact) mass is 169 g/mol. The molecule has 3 heteroatoms. The van der Waals surface area contributed by atoms with E-state index in [1.807, 2.05) is 19.9 Å². The molecule has 0 aliphatic carbocycles. The summed E-state index contributed by atoms with van der Waals surface area (Å²) in [5.41, 5.74) is 0. The van der Waals surface area contributed by atoms with E-state index in [-0.39, 0.29) is 6.10 Å². The molecule has 1 aromatic heterocycles. The molecule has 0 N–H and O–H groups in total.